The van der Waals surface area contributed by atoms with Gasteiger partial charge in [0.2, 0.25) is 0 Å². The van der Waals surface area contributed by atoms with Crippen molar-refractivity contribution in [2.75, 3.05) is 18.4 Å². The van der Waals surface area contributed by atoms with Gasteiger partial charge in [-0.1, -0.05) is 58.0 Å². The van der Waals surface area contributed by atoms with Crippen molar-refractivity contribution in [1.29, 1.82) is 5.41 Å². The SMILES string of the molecule is CC.CC.CCn1cc(SC2CCCNC2)nc(NCc2ccccc2)c1=N. The predicted octanol–water partition coefficient (Wildman–Crippen LogP) is 4.89. The van der Waals surface area contributed by atoms with Gasteiger partial charge in [0.1, 0.15) is 5.03 Å². The van der Waals surface area contributed by atoms with E-state index in [4.69, 9.17) is 10.4 Å². The number of aryl methyl sites for hydroxylation is 1. The van der Waals surface area contributed by atoms with Gasteiger partial charge in [-0.15, -0.1) is 11.8 Å². The molecule has 2 aromatic rings. The highest BCUT2D eigenvalue weighted by Crippen LogP contribution is 2.26. The molecule has 1 unspecified atom stereocenters. The summed E-state index contributed by atoms with van der Waals surface area (Å²) >= 11 is 1.82. The molecule has 6 heteroatoms. The van der Waals surface area contributed by atoms with E-state index in [0.29, 0.717) is 23.1 Å². The van der Waals surface area contributed by atoms with Crippen molar-refractivity contribution < 1.29 is 0 Å². The smallest absolute Gasteiger partial charge is 0.170 e. The first kappa shape index (κ1) is 24.2. The molecule has 28 heavy (non-hydrogen) atoms. The zero-order chi connectivity index (χ0) is 20.8. The quantitative estimate of drug-likeness (QED) is 0.642. The Morgan fingerprint density at radius 1 is 1.21 bits per heavy atom. The van der Waals surface area contributed by atoms with Crippen LogP contribution in [0, 0.1) is 5.41 Å². The maximum atomic E-state index is 8.34. The molecular weight excluding hydrogens is 366 g/mol. The number of hydrogen-bond donors (Lipinski definition) is 3. The van der Waals surface area contributed by atoms with E-state index < -0.39 is 0 Å². The van der Waals surface area contributed by atoms with Crippen molar-refractivity contribution in [3.63, 3.8) is 0 Å². The molecule has 3 N–H and O–H groups in total. The minimum absolute atomic E-state index is 0.444. The Kier molecular flexibility index (Phi) is 12.3. The molecule has 156 valence electrons. The van der Waals surface area contributed by atoms with Crippen LogP contribution in [0.1, 0.15) is 53.0 Å². The van der Waals surface area contributed by atoms with E-state index in [2.05, 4.69) is 29.7 Å². The van der Waals surface area contributed by atoms with Crippen LogP contribution in [0.25, 0.3) is 0 Å². The molecule has 1 aromatic heterocycles. The van der Waals surface area contributed by atoms with Crippen molar-refractivity contribution in [3.8, 4) is 0 Å². The fraction of sp³-hybridized carbons (Fsp3) is 0.545. The Morgan fingerprint density at radius 2 is 1.93 bits per heavy atom. The zero-order valence-corrected chi connectivity index (χ0v) is 18.9. The molecule has 1 aliphatic heterocycles. The van der Waals surface area contributed by atoms with Crippen molar-refractivity contribution in [3.05, 3.63) is 47.6 Å². The van der Waals surface area contributed by atoms with Gasteiger partial charge < -0.3 is 15.2 Å². The predicted molar refractivity (Wildman–Crippen MR) is 122 cm³/mol. The number of anilines is 1. The highest BCUT2D eigenvalue weighted by molar-refractivity contribution is 7.99. The Balaban J connectivity index is 0.000000921. The number of hydrogen-bond acceptors (Lipinski definition) is 5. The number of aromatic nitrogens is 2. The van der Waals surface area contributed by atoms with Gasteiger partial charge in [0.05, 0.1) is 0 Å². The molecule has 1 atom stereocenters. The summed E-state index contributed by atoms with van der Waals surface area (Å²) in [6.45, 7) is 13.7. The lowest BCUT2D eigenvalue weighted by atomic mass is 10.2. The third kappa shape index (κ3) is 7.68. The summed E-state index contributed by atoms with van der Waals surface area (Å²) in [5.74, 6) is 0.662. The fourth-order valence-electron chi connectivity index (χ4n) is 2.83. The van der Waals surface area contributed by atoms with Gasteiger partial charge in [-0.25, -0.2) is 4.98 Å². The second-order valence-electron chi connectivity index (χ2n) is 5.99. The summed E-state index contributed by atoms with van der Waals surface area (Å²) in [6, 6.07) is 10.2. The minimum atomic E-state index is 0.444. The van der Waals surface area contributed by atoms with Crippen LogP contribution < -0.4 is 16.1 Å². The molecule has 0 aliphatic carbocycles. The van der Waals surface area contributed by atoms with E-state index >= 15 is 0 Å². The number of benzene rings is 1. The number of rotatable bonds is 6. The summed E-state index contributed by atoms with van der Waals surface area (Å²) < 4.78 is 1.96. The second kappa shape index (κ2) is 14.2. The lowest BCUT2D eigenvalue weighted by Gasteiger charge is -2.22. The lowest BCUT2D eigenvalue weighted by molar-refractivity contribution is 0.530. The summed E-state index contributed by atoms with van der Waals surface area (Å²) in [7, 11) is 0. The van der Waals surface area contributed by atoms with Crippen LogP contribution >= 0.6 is 11.8 Å². The molecule has 1 aliphatic rings. The van der Waals surface area contributed by atoms with Crippen molar-refractivity contribution in [2.45, 2.75) is 70.8 Å². The normalized spacial score (nSPS) is 15.5. The molecule has 0 spiro atoms. The van der Waals surface area contributed by atoms with Gasteiger partial charge in [-0.2, -0.15) is 0 Å². The van der Waals surface area contributed by atoms with E-state index in [0.717, 1.165) is 24.7 Å². The second-order valence-corrected chi connectivity index (χ2v) is 7.31. The number of thioether (sulfide) groups is 1. The topological polar surface area (TPSA) is 65.7 Å². The molecule has 0 bridgehead atoms. The number of nitrogens with zero attached hydrogens (tertiary/aromatic N) is 2. The minimum Gasteiger partial charge on any atom is -0.363 e. The summed E-state index contributed by atoms with van der Waals surface area (Å²) in [4.78, 5) is 4.71. The number of nitrogens with one attached hydrogen (secondary N) is 3. The van der Waals surface area contributed by atoms with Crippen LogP contribution in [0.2, 0.25) is 0 Å². The third-order valence-corrected chi connectivity index (χ3v) is 5.36. The van der Waals surface area contributed by atoms with Gasteiger partial charge in [-0.05, 0) is 31.9 Å². The molecule has 1 saturated heterocycles. The van der Waals surface area contributed by atoms with Crippen molar-refractivity contribution >= 4 is 17.6 Å². The Hall–Kier alpha value is -1.79. The van der Waals surface area contributed by atoms with Crippen LogP contribution in [0.4, 0.5) is 5.82 Å². The van der Waals surface area contributed by atoms with Crippen LogP contribution in [0.15, 0.2) is 41.6 Å². The fourth-order valence-corrected chi connectivity index (χ4v) is 3.99. The first-order valence-electron chi connectivity index (χ1n) is 10.6. The van der Waals surface area contributed by atoms with Gasteiger partial charge >= 0.3 is 0 Å². The molecule has 3 rings (SSSR count). The molecule has 0 amide bonds. The molecule has 0 radical (unpaired) electrons. The van der Waals surface area contributed by atoms with Crippen LogP contribution in [-0.2, 0) is 13.1 Å². The van der Waals surface area contributed by atoms with Crippen molar-refractivity contribution in [2.24, 2.45) is 0 Å². The maximum Gasteiger partial charge on any atom is 0.170 e. The standard InChI is InChI=1S/C18H25N5S.2C2H6/c1-2-23-13-16(24-15-9-6-10-20-12-15)22-18(17(23)19)21-11-14-7-4-3-5-8-14;2*1-2/h3-5,7-8,13,15,19-20H,2,6,9-12H2,1H3,(H,21,22);2*1-2H3. The Morgan fingerprint density at radius 3 is 2.54 bits per heavy atom. The van der Waals surface area contributed by atoms with Crippen LogP contribution in [-0.4, -0.2) is 27.9 Å². The highest BCUT2D eigenvalue weighted by atomic mass is 32.2. The lowest BCUT2D eigenvalue weighted by Crippen LogP contribution is -2.32. The average molecular weight is 404 g/mol. The Bertz CT molecular complexity index is 709. The monoisotopic (exact) mass is 403 g/mol. The van der Waals surface area contributed by atoms with Gasteiger partial charge in [-0.3, -0.25) is 5.41 Å². The highest BCUT2D eigenvalue weighted by Gasteiger charge is 2.16. The van der Waals surface area contributed by atoms with E-state index in [1.165, 1.54) is 18.4 Å². The molecule has 5 nitrogen and oxygen atoms in total. The summed E-state index contributed by atoms with van der Waals surface area (Å²) in [5.41, 5.74) is 1.64. The van der Waals surface area contributed by atoms with Crippen LogP contribution in [0.5, 0.6) is 0 Å². The number of piperidine rings is 1. The molecule has 1 aromatic carbocycles. The van der Waals surface area contributed by atoms with Crippen LogP contribution in [0.3, 0.4) is 0 Å². The molecular formula is C22H37N5S. The van der Waals surface area contributed by atoms with Crippen molar-refractivity contribution in [1.82, 2.24) is 14.9 Å². The van der Waals surface area contributed by atoms with E-state index in [-0.39, 0.29) is 0 Å². The Labute approximate surface area is 174 Å². The zero-order valence-electron chi connectivity index (χ0n) is 18.1. The first-order valence-corrected chi connectivity index (χ1v) is 11.5. The van der Waals surface area contributed by atoms with E-state index in [1.54, 1.807) is 0 Å². The van der Waals surface area contributed by atoms with E-state index in [9.17, 15) is 0 Å². The summed E-state index contributed by atoms with van der Waals surface area (Å²) in [6.07, 6.45) is 4.46. The largest absolute Gasteiger partial charge is 0.363 e. The average Bonchev–Trinajstić information content (AvgIpc) is 2.78. The molecule has 2 heterocycles. The van der Waals surface area contributed by atoms with Gasteiger partial charge in [0.15, 0.2) is 11.3 Å². The molecule has 1 fully saturated rings. The maximum absolute atomic E-state index is 8.34. The summed E-state index contributed by atoms with van der Waals surface area (Å²) in [5, 5.41) is 16.7. The van der Waals surface area contributed by atoms with Gasteiger partial charge in [0.25, 0.3) is 0 Å². The van der Waals surface area contributed by atoms with Gasteiger partial charge in [0, 0.05) is 31.1 Å². The third-order valence-electron chi connectivity index (χ3n) is 4.18. The van der Waals surface area contributed by atoms with E-state index in [1.807, 2.05) is 68.4 Å². The first-order chi connectivity index (χ1) is 13.8. The molecule has 0 saturated carbocycles.